The largest absolute Gasteiger partial charge is 0.462 e. The lowest BCUT2D eigenvalue weighted by Crippen LogP contribution is -2.30. The van der Waals surface area contributed by atoms with Crippen LogP contribution in [0.2, 0.25) is 0 Å². The van der Waals surface area contributed by atoms with E-state index in [4.69, 9.17) is 14.2 Å². The van der Waals surface area contributed by atoms with E-state index < -0.39 is 6.10 Å². The average Bonchev–Trinajstić information content (AvgIpc) is 3.39. The number of hydrogen-bond donors (Lipinski definition) is 0. The van der Waals surface area contributed by atoms with E-state index in [0.29, 0.717) is 19.3 Å². The molecule has 420 valence electrons. The van der Waals surface area contributed by atoms with Gasteiger partial charge in [0.25, 0.3) is 0 Å². The van der Waals surface area contributed by atoms with Gasteiger partial charge in [-0.1, -0.05) is 254 Å². The first kappa shape index (κ1) is 69.6. The molecule has 0 aliphatic heterocycles. The number of carbonyl (C=O) groups excluding carboxylic acids is 3. The third-order valence-corrected chi connectivity index (χ3v) is 13.4. The standard InChI is InChI=1S/C67H116O6/c1-4-7-10-13-16-19-22-25-28-30-32-33-35-36-39-42-45-48-51-54-57-60-66(69)72-63-64(62-71-65(68)59-56-53-50-47-44-41-38-27-24-21-18-15-12-9-6-3)73-67(70)61-58-55-52-49-46-43-40-37-34-31-29-26-23-20-17-14-11-8-5-2/h9,12,17-18,20-21,26-27,29-30,32,34,37-38,64H,4-8,10-11,13-16,19,22-25,28,31,33,35-36,39-63H2,1-3H3/b12-9-,20-17-,21-18-,29-26-,32-30-,37-34-,38-27-. The van der Waals surface area contributed by atoms with Gasteiger partial charge in [0.1, 0.15) is 13.2 Å². The van der Waals surface area contributed by atoms with Gasteiger partial charge in [0.2, 0.25) is 0 Å². The Kier molecular flexibility index (Phi) is 58.3. The van der Waals surface area contributed by atoms with Crippen LogP contribution in [0.15, 0.2) is 85.1 Å². The molecule has 0 saturated heterocycles. The molecule has 0 aliphatic rings. The van der Waals surface area contributed by atoms with Gasteiger partial charge in [-0.2, -0.15) is 0 Å². The Morgan fingerprint density at radius 2 is 0.534 bits per heavy atom. The molecule has 6 nitrogen and oxygen atoms in total. The van der Waals surface area contributed by atoms with Crippen LogP contribution in [0.4, 0.5) is 0 Å². The normalized spacial score (nSPS) is 12.6. The second-order valence-corrected chi connectivity index (χ2v) is 20.6. The topological polar surface area (TPSA) is 78.9 Å². The SMILES string of the molecule is CC/C=C\C/C=C\C/C=C\CCCCCCCC(=O)OCC(COC(=O)CCCCCCCCCCC/C=C\CCCCCCCCCC)OC(=O)CCCCCCCC/C=C\C/C=C\C/C=C\CCCCC. The fraction of sp³-hybridized carbons (Fsp3) is 0.746. The van der Waals surface area contributed by atoms with Gasteiger partial charge in [0.15, 0.2) is 6.10 Å². The minimum Gasteiger partial charge on any atom is -0.462 e. The Morgan fingerprint density at radius 3 is 0.877 bits per heavy atom. The minimum atomic E-state index is -0.793. The van der Waals surface area contributed by atoms with Crippen molar-refractivity contribution >= 4 is 17.9 Å². The second kappa shape index (κ2) is 61.1. The highest BCUT2D eigenvalue weighted by Gasteiger charge is 2.19. The zero-order chi connectivity index (χ0) is 52.9. The van der Waals surface area contributed by atoms with Crippen molar-refractivity contribution in [2.24, 2.45) is 0 Å². The lowest BCUT2D eigenvalue weighted by Gasteiger charge is -2.18. The van der Waals surface area contributed by atoms with E-state index in [-0.39, 0.29) is 31.1 Å². The summed E-state index contributed by atoms with van der Waals surface area (Å²) in [5.41, 5.74) is 0. The van der Waals surface area contributed by atoms with Crippen LogP contribution in [0.1, 0.15) is 303 Å². The fourth-order valence-electron chi connectivity index (χ4n) is 8.69. The van der Waals surface area contributed by atoms with Crippen molar-refractivity contribution in [3.63, 3.8) is 0 Å². The Balaban J connectivity index is 4.40. The summed E-state index contributed by atoms with van der Waals surface area (Å²) in [6.45, 7) is 6.50. The quantitative estimate of drug-likeness (QED) is 0.0261. The number of unbranched alkanes of at least 4 members (excludes halogenated alkanes) is 31. The van der Waals surface area contributed by atoms with Crippen molar-refractivity contribution in [1.29, 1.82) is 0 Å². The highest BCUT2D eigenvalue weighted by molar-refractivity contribution is 5.71. The van der Waals surface area contributed by atoms with Crippen LogP contribution in [0, 0.1) is 0 Å². The number of allylic oxidation sites excluding steroid dienone is 14. The molecular formula is C67H116O6. The van der Waals surface area contributed by atoms with E-state index in [0.717, 1.165) is 122 Å². The molecular weight excluding hydrogens is 901 g/mol. The molecule has 73 heavy (non-hydrogen) atoms. The number of carbonyl (C=O) groups is 3. The predicted octanol–water partition coefficient (Wildman–Crippen LogP) is 21.1. The molecule has 0 N–H and O–H groups in total. The molecule has 0 aliphatic carbocycles. The molecule has 0 aromatic carbocycles. The number of hydrogen-bond acceptors (Lipinski definition) is 6. The molecule has 0 radical (unpaired) electrons. The first-order valence-corrected chi connectivity index (χ1v) is 31.1. The van der Waals surface area contributed by atoms with Gasteiger partial charge in [-0.25, -0.2) is 0 Å². The molecule has 0 fully saturated rings. The number of ether oxygens (including phenoxy) is 3. The molecule has 0 rings (SSSR count). The van der Waals surface area contributed by atoms with E-state index in [2.05, 4.69) is 106 Å². The number of esters is 3. The summed E-state index contributed by atoms with van der Waals surface area (Å²) in [4.78, 5) is 38.3. The van der Waals surface area contributed by atoms with Gasteiger partial charge in [-0.15, -0.1) is 0 Å². The Hall–Kier alpha value is -3.41. The lowest BCUT2D eigenvalue weighted by atomic mass is 10.1. The van der Waals surface area contributed by atoms with Crippen molar-refractivity contribution in [3.05, 3.63) is 85.1 Å². The maximum Gasteiger partial charge on any atom is 0.306 e. The Morgan fingerprint density at radius 1 is 0.288 bits per heavy atom. The molecule has 1 unspecified atom stereocenters. The zero-order valence-electron chi connectivity index (χ0n) is 48.1. The van der Waals surface area contributed by atoms with E-state index in [1.54, 1.807) is 0 Å². The van der Waals surface area contributed by atoms with E-state index >= 15 is 0 Å². The minimum absolute atomic E-state index is 0.0881. The summed E-state index contributed by atoms with van der Waals surface area (Å²) in [7, 11) is 0. The first-order valence-electron chi connectivity index (χ1n) is 31.1. The highest BCUT2D eigenvalue weighted by Crippen LogP contribution is 2.16. The van der Waals surface area contributed by atoms with Crippen LogP contribution < -0.4 is 0 Å². The van der Waals surface area contributed by atoms with E-state index in [1.165, 1.54) is 141 Å². The van der Waals surface area contributed by atoms with Crippen LogP contribution in [-0.4, -0.2) is 37.2 Å². The molecule has 0 bridgehead atoms. The van der Waals surface area contributed by atoms with Gasteiger partial charge >= 0.3 is 17.9 Å². The fourth-order valence-corrected chi connectivity index (χ4v) is 8.69. The van der Waals surface area contributed by atoms with Gasteiger partial charge in [0.05, 0.1) is 0 Å². The van der Waals surface area contributed by atoms with Gasteiger partial charge in [-0.3, -0.25) is 14.4 Å². The summed E-state index contributed by atoms with van der Waals surface area (Å²) >= 11 is 0. The van der Waals surface area contributed by atoms with Crippen molar-refractivity contribution in [3.8, 4) is 0 Å². The van der Waals surface area contributed by atoms with Crippen molar-refractivity contribution in [2.75, 3.05) is 13.2 Å². The van der Waals surface area contributed by atoms with Crippen molar-refractivity contribution in [2.45, 2.75) is 309 Å². The summed E-state index contributed by atoms with van der Waals surface area (Å²) in [5.74, 6) is -0.911. The van der Waals surface area contributed by atoms with Crippen LogP contribution in [0.25, 0.3) is 0 Å². The second-order valence-electron chi connectivity index (χ2n) is 20.6. The first-order chi connectivity index (χ1) is 36.0. The molecule has 0 heterocycles. The van der Waals surface area contributed by atoms with E-state index in [1.807, 2.05) is 0 Å². The molecule has 1 atom stereocenters. The number of rotatable bonds is 56. The molecule has 0 amide bonds. The average molecular weight is 1020 g/mol. The van der Waals surface area contributed by atoms with Crippen LogP contribution in [-0.2, 0) is 28.6 Å². The van der Waals surface area contributed by atoms with Crippen LogP contribution in [0.3, 0.4) is 0 Å². The molecule has 0 spiro atoms. The predicted molar refractivity (Wildman–Crippen MR) is 316 cm³/mol. The lowest BCUT2D eigenvalue weighted by molar-refractivity contribution is -0.167. The van der Waals surface area contributed by atoms with Gasteiger partial charge in [0, 0.05) is 19.3 Å². The molecule has 0 aromatic heterocycles. The third kappa shape index (κ3) is 59.3. The van der Waals surface area contributed by atoms with E-state index in [9.17, 15) is 14.4 Å². The third-order valence-electron chi connectivity index (χ3n) is 13.4. The maximum absolute atomic E-state index is 12.9. The molecule has 0 aromatic rings. The summed E-state index contributed by atoms with van der Waals surface area (Å²) in [6.07, 6.45) is 80.1. The van der Waals surface area contributed by atoms with Crippen molar-refractivity contribution in [1.82, 2.24) is 0 Å². The van der Waals surface area contributed by atoms with Crippen LogP contribution in [0.5, 0.6) is 0 Å². The van der Waals surface area contributed by atoms with Gasteiger partial charge in [-0.05, 0) is 116 Å². The van der Waals surface area contributed by atoms with Gasteiger partial charge < -0.3 is 14.2 Å². The Labute approximate surface area is 452 Å². The summed E-state index contributed by atoms with van der Waals surface area (Å²) in [6, 6.07) is 0. The Bertz CT molecular complexity index is 1400. The summed E-state index contributed by atoms with van der Waals surface area (Å²) in [5, 5.41) is 0. The highest BCUT2D eigenvalue weighted by atomic mass is 16.6. The molecule has 6 heteroatoms. The monoisotopic (exact) mass is 1020 g/mol. The van der Waals surface area contributed by atoms with Crippen molar-refractivity contribution < 1.29 is 28.6 Å². The smallest absolute Gasteiger partial charge is 0.306 e. The maximum atomic E-state index is 12.9. The zero-order valence-corrected chi connectivity index (χ0v) is 48.1. The molecule has 0 saturated carbocycles. The van der Waals surface area contributed by atoms with Crippen LogP contribution >= 0.6 is 0 Å². The summed E-state index contributed by atoms with van der Waals surface area (Å²) < 4.78 is 16.9.